The number of thiophene rings is 1. The van der Waals surface area contributed by atoms with Crippen LogP contribution < -0.4 is 4.90 Å². The van der Waals surface area contributed by atoms with E-state index in [1.807, 2.05) is 30.3 Å². The standard InChI is InChI=1S/C25H29N7O2S/c1-30(16-33)17-5-7-31(8-6-17)15-18-13-22-23(35-18)25(32-9-11-34-12-10-32)28-24(27-22)19-3-2-4-21-20(19)14-26-29-21/h2-4,13-14,16-17H,5-12,15H2,1H3,(H,26,29). The summed E-state index contributed by atoms with van der Waals surface area (Å²) in [6.45, 7) is 5.95. The van der Waals surface area contributed by atoms with E-state index in [4.69, 9.17) is 14.7 Å². The van der Waals surface area contributed by atoms with E-state index in [0.717, 1.165) is 90.3 Å². The number of aromatic nitrogens is 4. The second-order valence-electron chi connectivity index (χ2n) is 9.31. The molecule has 2 fully saturated rings. The van der Waals surface area contributed by atoms with Crippen LogP contribution in [0.4, 0.5) is 5.82 Å². The Hall–Kier alpha value is -3.08. The minimum absolute atomic E-state index is 0.345. The Morgan fingerprint density at radius 2 is 2.03 bits per heavy atom. The van der Waals surface area contributed by atoms with Gasteiger partial charge in [-0.25, -0.2) is 9.97 Å². The molecule has 9 nitrogen and oxygen atoms in total. The molecule has 0 bridgehead atoms. The van der Waals surface area contributed by atoms with E-state index in [9.17, 15) is 4.79 Å². The summed E-state index contributed by atoms with van der Waals surface area (Å²) in [6, 6.07) is 8.68. The molecule has 0 saturated carbocycles. The summed E-state index contributed by atoms with van der Waals surface area (Å²) in [5.41, 5.74) is 2.96. The number of hydrogen-bond acceptors (Lipinski definition) is 8. The third-order valence-corrected chi connectivity index (χ3v) is 8.22. The van der Waals surface area contributed by atoms with Crippen LogP contribution in [0.15, 0.2) is 30.5 Å². The van der Waals surface area contributed by atoms with Gasteiger partial charge in [-0.15, -0.1) is 11.3 Å². The third kappa shape index (κ3) is 4.37. The molecule has 4 aromatic rings. The molecular formula is C25H29N7O2S. The van der Waals surface area contributed by atoms with E-state index < -0.39 is 0 Å². The monoisotopic (exact) mass is 491 g/mol. The Balaban J connectivity index is 1.34. The number of fused-ring (bicyclic) bond motifs is 2. The van der Waals surface area contributed by atoms with Crippen molar-refractivity contribution >= 4 is 44.7 Å². The fourth-order valence-electron chi connectivity index (χ4n) is 5.11. The summed E-state index contributed by atoms with van der Waals surface area (Å²) in [5, 5.41) is 8.30. The van der Waals surface area contributed by atoms with Crippen molar-refractivity contribution in [1.82, 2.24) is 30.0 Å². The molecule has 1 N–H and O–H groups in total. The second kappa shape index (κ2) is 9.52. The molecule has 3 aromatic heterocycles. The molecule has 10 heteroatoms. The number of H-pyrrole nitrogens is 1. The maximum atomic E-state index is 11.1. The van der Waals surface area contributed by atoms with Gasteiger partial charge in [0.2, 0.25) is 6.41 Å². The summed E-state index contributed by atoms with van der Waals surface area (Å²) in [4.78, 5) is 29.1. The predicted molar refractivity (Wildman–Crippen MR) is 138 cm³/mol. The zero-order valence-electron chi connectivity index (χ0n) is 19.8. The maximum Gasteiger partial charge on any atom is 0.209 e. The van der Waals surface area contributed by atoms with E-state index >= 15 is 0 Å². The van der Waals surface area contributed by atoms with Crippen molar-refractivity contribution in [3.8, 4) is 11.4 Å². The Morgan fingerprint density at radius 3 is 2.83 bits per heavy atom. The van der Waals surface area contributed by atoms with Gasteiger partial charge in [0, 0.05) is 61.6 Å². The highest BCUT2D eigenvalue weighted by Gasteiger charge is 2.24. The minimum Gasteiger partial charge on any atom is -0.378 e. The number of carbonyl (C=O) groups excluding carboxylic acids is 1. The number of aromatic amines is 1. The molecule has 0 spiro atoms. The fraction of sp³-hybridized carbons (Fsp3) is 0.440. The lowest BCUT2D eigenvalue weighted by Gasteiger charge is -2.34. The summed E-state index contributed by atoms with van der Waals surface area (Å²) < 4.78 is 6.75. The van der Waals surface area contributed by atoms with E-state index in [0.29, 0.717) is 19.3 Å². The molecule has 0 atom stereocenters. The van der Waals surface area contributed by atoms with E-state index in [1.165, 1.54) is 4.88 Å². The highest BCUT2D eigenvalue weighted by molar-refractivity contribution is 7.19. The molecule has 0 unspecified atom stereocenters. The first-order chi connectivity index (χ1) is 17.2. The fourth-order valence-corrected chi connectivity index (χ4v) is 6.26. The number of likely N-dealkylation sites (tertiary alicyclic amines) is 1. The molecule has 182 valence electrons. The molecular weight excluding hydrogens is 462 g/mol. The molecule has 0 radical (unpaired) electrons. The van der Waals surface area contributed by atoms with Gasteiger partial charge < -0.3 is 14.5 Å². The SMILES string of the molecule is CN(C=O)C1CCN(Cc2cc3nc(-c4cccc5[nH]ncc45)nc(N4CCOCC4)c3s2)CC1. The summed E-state index contributed by atoms with van der Waals surface area (Å²) >= 11 is 1.80. The number of hydrogen-bond donors (Lipinski definition) is 1. The Morgan fingerprint density at radius 1 is 1.20 bits per heavy atom. The van der Waals surface area contributed by atoms with E-state index in [1.54, 1.807) is 11.3 Å². The number of nitrogens with one attached hydrogen (secondary N) is 1. The van der Waals surface area contributed by atoms with Crippen LogP contribution in [0.25, 0.3) is 32.5 Å². The Kier molecular flexibility index (Phi) is 6.09. The predicted octanol–water partition coefficient (Wildman–Crippen LogP) is 3.12. The van der Waals surface area contributed by atoms with Gasteiger partial charge >= 0.3 is 0 Å². The number of anilines is 1. The first-order valence-electron chi connectivity index (χ1n) is 12.1. The van der Waals surface area contributed by atoms with Gasteiger partial charge in [0.15, 0.2) is 11.6 Å². The number of amides is 1. The number of benzene rings is 1. The zero-order chi connectivity index (χ0) is 23.8. The lowest BCUT2D eigenvalue weighted by Crippen LogP contribution is -2.42. The number of carbonyl (C=O) groups is 1. The van der Waals surface area contributed by atoms with Crippen LogP contribution in [0.3, 0.4) is 0 Å². The first kappa shape index (κ1) is 22.4. The Bertz CT molecular complexity index is 1340. The van der Waals surface area contributed by atoms with Crippen LogP contribution in [0.1, 0.15) is 17.7 Å². The van der Waals surface area contributed by atoms with Crippen molar-refractivity contribution in [3.63, 3.8) is 0 Å². The van der Waals surface area contributed by atoms with Gasteiger partial charge in [-0.1, -0.05) is 12.1 Å². The molecule has 1 amide bonds. The number of nitrogens with zero attached hydrogens (tertiary/aromatic N) is 6. The highest BCUT2D eigenvalue weighted by atomic mass is 32.1. The van der Waals surface area contributed by atoms with Crippen LogP contribution in [0.2, 0.25) is 0 Å². The number of rotatable bonds is 6. The van der Waals surface area contributed by atoms with Gasteiger partial charge in [0.1, 0.15) is 0 Å². The molecule has 2 aliphatic heterocycles. The normalized spacial score (nSPS) is 17.9. The molecule has 6 rings (SSSR count). The van der Waals surface area contributed by atoms with Gasteiger partial charge in [-0.2, -0.15) is 5.10 Å². The third-order valence-electron chi connectivity index (χ3n) is 7.12. The van der Waals surface area contributed by atoms with Crippen molar-refractivity contribution in [2.45, 2.75) is 25.4 Å². The van der Waals surface area contributed by atoms with Crippen LogP contribution >= 0.6 is 11.3 Å². The molecule has 2 saturated heterocycles. The number of piperidine rings is 1. The summed E-state index contributed by atoms with van der Waals surface area (Å²) in [6.07, 6.45) is 4.81. The van der Waals surface area contributed by atoms with Gasteiger partial charge in [-0.3, -0.25) is 14.8 Å². The Labute approximate surface area is 207 Å². The van der Waals surface area contributed by atoms with Crippen molar-refractivity contribution < 1.29 is 9.53 Å². The first-order valence-corrected chi connectivity index (χ1v) is 13.0. The minimum atomic E-state index is 0.345. The average molecular weight is 492 g/mol. The zero-order valence-corrected chi connectivity index (χ0v) is 20.6. The van der Waals surface area contributed by atoms with Gasteiger partial charge in [0.25, 0.3) is 0 Å². The summed E-state index contributed by atoms with van der Waals surface area (Å²) in [5.74, 6) is 1.73. The van der Waals surface area contributed by atoms with Crippen LogP contribution in [-0.2, 0) is 16.1 Å². The van der Waals surface area contributed by atoms with Crippen LogP contribution in [0.5, 0.6) is 0 Å². The smallest absolute Gasteiger partial charge is 0.209 e. The summed E-state index contributed by atoms with van der Waals surface area (Å²) in [7, 11) is 1.88. The lowest BCUT2D eigenvalue weighted by molar-refractivity contribution is -0.119. The van der Waals surface area contributed by atoms with Crippen molar-refractivity contribution in [2.24, 2.45) is 0 Å². The average Bonchev–Trinajstić information content (AvgIpc) is 3.55. The van der Waals surface area contributed by atoms with Gasteiger partial charge in [-0.05, 0) is 25.0 Å². The van der Waals surface area contributed by atoms with E-state index in [2.05, 4.69) is 32.1 Å². The maximum absolute atomic E-state index is 11.1. The quantitative estimate of drug-likeness (QED) is 0.415. The number of morpholine rings is 1. The van der Waals surface area contributed by atoms with E-state index in [-0.39, 0.29) is 0 Å². The number of ether oxygens (including phenoxy) is 1. The molecule has 2 aliphatic rings. The van der Waals surface area contributed by atoms with Gasteiger partial charge in [0.05, 0.1) is 35.1 Å². The molecule has 35 heavy (non-hydrogen) atoms. The van der Waals surface area contributed by atoms with Crippen molar-refractivity contribution in [1.29, 1.82) is 0 Å². The second-order valence-corrected chi connectivity index (χ2v) is 10.4. The largest absolute Gasteiger partial charge is 0.378 e. The lowest BCUT2D eigenvalue weighted by atomic mass is 10.0. The van der Waals surface area contributed by atoms with Crippen molar-refractivity contribution in [3.05, 3.63) is 35.3 Å². The highest BCUT2D eigenvalue weighted by Crippen LogP contribution is 2.36. The molecule has 1 aromatic carbocycles. The molecule has 5 heterocycles. The van der Waals surface area contributed by atoms with Crippen LogP contribution in [0, 0.1) is 0 Å². The van der Waals surface area contributed by atoms with Crippen LogP contribution in [-0.4, -0.2) is 88.9 Å². The molecule has 0 aliphatic carbocycles. The topological polar surface area (TPSA) is 90.5 Å². The van der Waals surface area contributed by atoms with Crippen molar-refractivity contribution in [2.75, 3.05) is 51.3 Å².